The standard InChI is InChI=1S/C21H32N2O4/c1-7-23-18(24)11-10-16(20(25)22-13-21(2,3)4)19(23)15-9-8-14(26-5)12-17(15)27-6/h8-9,12,16,19H,7,10-11,13H2,1-6H3,(H,22,25)/t16-,19+/m1/s1. The Morgan fingerprint density at radius 2 is 1.96 bits per heavy atom. The molecular formula is C21H32N2O4. The summed E-state index contributed by atoms with van der Waals surface area (Å²) in [5, 5.41) is 3.07. The Morgan fingerprint density at radius 1 is 1.26 bits per heavy atom. The first-order valence-electron chi connectivity index (χ1n) is 9.51. The normalized spacial score (nSPS) is 20.4. The van der Waals surface area contributed by atoms with Crippen LogP contribution < -0.4 is 14.8 Å². The van der Waals surface area contributed by atoms with Crippen molar-refractivity contribution < 1.29 is 19.1 Å². The van der Waals surface area contributed by atoms with Crippen molar-refractivity contribution >= 4 is 11.8 Å². The smallest absolute Gasteiger partial charge is 0.225 e. The van der Waals surface area contributed by atoms with Crippen LogP contribution in [0.1, 0.15) is 52.1 Å². The number of carbonyl (C=O) groups is 2. The molecule has 1 aromatic rings. The number of ether oxygens (including phenoxy) is 2. The van der Waals surface area contributed by atoms with Crippen LogP contribution in [0.5, 0.6) is 11.5 Å². The molecule has 1 aromatic carbocycles. The Morgan fingerprint density at radius 3 is 2.52 bits per heavy atom. The number of carbonyl (C=O) groups excluding carboxylic acids is 2. The molecule has 1 saturated heterocycles. The van der Waals surface area contributed by atoms with Gasteiger partial charge in [0.05, 0.1) is 26.2 Å². The molecular weight excluding hydrogens is 344 g/mol. The Hall–Kier alpha value is -2.24. The number of benzene rings is 1. The number of likely N-dealkylation sites (tertiary alicyclic amines) is 1. The maximum atomic E-state index is 13.0. The van der Waals surface area contributed by atoms with E-state index in [-0.39, 0.29) is 29.2 Å². The molecule has 1 N–H and O–H groups in total. The number of nitrogens with zero attached hydrogens (tertiary/aromatic N) is 1. The lowest BCUT2D eigenvalue weighted by Gasteiger charge is -2.41. The third kappa shape index (κ3) is 4.93. The highest BCUT2D eigenvalue weighted by Gasteiger charge is 2.41. The molecule has 2 rings (SSSR count). The molecule has 1 aliphatic rings. The predicted molar refractivity (Wildman–Crippen MR) is 105 cm³/mol. The molecule has 1 heterocycles. The fraction of sp³-hybridized carbons (Fsp3) is 0.619. The van der Waals surface area contributed by atoms with Crippen molar-refractivity contribution in [1.82, 2.24) is 10.2 Å². The third-order valence-electron chi connectivity index (χ3n) is 4.94. The van der Waals surface area contributed by atoms with Gasteiger partial charge in [0.2, 0.25) is 11.8 Å². The maximum Gasteiger partial charge on any atom is 0.225 e. The molecule has 6 heteroatoms. The molecule has 150 valence electrons. The monoisotopic (exact) mass is 376 g/mol. The zero-order chi connectivity index (χ0) is 20.2. The van der Waals surface area contributed by atoms with Crippen LogP contribution in [-0.2, 0) is 9.59 Å². The summed E-state index contributed by atoms with van der Waals surface area (Å²) in [5.74, 6) is 1.04. The van der Waals surface area contributed by atoms with Crippen LogP contribution in [0.15, 0.2) is 18.2 Å². The molecule has 2 amide bonds. The van der Waals surface area contributed by atoms with E-state index in [0.29, 0.717) is 37.4 Å². The summed E-state index contributed by atoms with van der Waals surface area (Å²) in [4.78, 5) is 27.3. The molecule has 0 aliphatic carbocycles. The number of methoxy groups -OCH3 is 2. The molecule has 0 aromatic heterocycles. The van der Waals surface area contributed by atoms with Crippen molar-refractivity contribution in [2.75, 3.05) is 27.3 Å². The van der Waals surface area contributed by atoms with E-state index >= 15 is 0 Å². The minimum atomic E-state index is -0.350. The van der Waals surface area contributed by atoms with Crippen LogP contribution in [0.25, 0.3) is 0 Å². The van der Waals surface area contributed by atoms with Crippen LogP contribution in [0.3, 0.4) is 0 Å². The number of piperidine rings is 1. The summed E-state index contributed by atoms with van der Waals surface area (Å²) in [7, 11) is 3.19. The van der Waals surface area contributed by atoms with Crippen molar-refractivity contribution in [3.63, 3.8) is 0 Å². The second kappa shape index (κ2) is 8.63. The van der Waals surface area contributed by atoms with E-state index in [1.807, 2.05) is 19.1 Å². The van der Waals surface area contributed by atoms with Crippen LogP contribution in [0.4, 0.5) is 0 Å². The van der Waals surface area contributed by atoms with E-state index in [0.717, 1.165) is 5.56 Å². The van der Waals surface area contributed by atoms with Crippen LogP contribution in [0.2, 0.25) is 0 Å². The van der Waals surface area contributed by atoms with Gasteiger partial charge in [-0.25, -0.2) is 0 Å². The fourth-order valence-electron chi connectivity index (χ4n) is 3.53. The van der Waals surface area contributed by atoms with E-state index in [1.165, 1.54) is 0 Å². The molecule has 0 unspecified atom stereocenters. The summed E-state index contributed by atoms with van der Waals surface area (Å²) < 4.78 is 10.8. The lowest BCUT2D eigenvalue weighted by atomic mass is 9.82. The lowest BCUT2D eigenvalue weighted by Crippen LogP contribution is -2.49. The zero-order valence-corrected chi connectivity index (χ0v) is 17.3. The quantitative estimate of drug-likeness (QED) is 0.828. The molecule has 1 fully saturated rings. The van der Waals surface area contributed by atoms with Crippen LogP contribution in [0, 0.1) is 11.3 Å². The second-order valence-corrected chi connectivity index (χ2v) is 8.16. The molecule has 1 aliphatic heterocycles. The molecule has 2 atom stereocenters. The minimum Gasteiger partial charge on any atom is -0.497 e. The first kappa shape index (κ1) is 21.1. The third-order valence-corrected chi connectivity index (χ3v) is 4.94. The first-order chi connectivity index (χ1) is 12.7. The van der Waals surface area contributed by atoms with Gasteiger partial charge in [-0.2, -0.15) is 0 Å². The van der Waals surface area contributed by atoms with Gasteiger partial charge in [-0.1, -0.05) is 20.8 Å². The summed E-state index contributed by atoms with van der Waals surface area (Å²) >= 11 is 0. The van der Waals surface area contributed by atoms with Gasteiger partial charge >= 0.3 is 0 Å². The number of rotatable bonds is 6. The Balaban J connectivity index is 2.41. The van der Waals surface area contributed by atoms with Crippen molar-refractivity contribution in [1.29, 1.82) is 0 Å². The molecule has 27 heavy (non-hydrogen) atoms. The second-order valence-electron chi connectivity index (χ2n) is 8.16. The van der Waals surface area contributed by atoms with Crippen LogP contribution >= 0.6 is 0 Å². The van der Waals surface area contributed by atoms with E-state index in [2.05, 4.69) is 26.1 Å². The molecule has 0 bridgehead atoms. The highest BCUT2D eigenvalue weighted by atomic mass is 16.5. The summed E-state index contributed by atoms with van der Waals surface area (Å²) in [6, 6.07) is 5.19. The van der Waals surface area contributed by atoms with Gasteiger partial charge in [-0.15, -0.1) is 0 Å². The van der Waals surface area contributed by atoms with Crippen molar-refractivity contribution in [3.05, 3.63) is 23.8 Å². The minimum absolute atomic E-state index is 0.00209. The molecule has 0 saturated carbocycles. The van der Waals surface area contributed by atoms with Gasteiger partial charge in [0.15, 0.2) is 0 Å². The van der Waals surface area contributed by atoms with Gasteiger partial charge in [-0.05, 0) is 30.9 Å². The van der Waals surface area contributed by atoms with Crippen molar-refractivity contribution in [2.24, 2.45) is 11.3 Å². The highest BCUT2D eigenvalue weighted by molar-refractivity contribution is 5.85. The topological polar surface area (TPSA) is 67.9 Å². The Bertz CT molecular complexity index is 681. The van der Waals surface area contributed by atoms with Gasteiger partial charge in [-0.3, -0.25) is 9.59 Å². The zero-order valence-electron chi connectivity index (χ0n) is 17.3. The SMILES string of the molecule is CCN1C(=O)CC[C@@H](C(=O)NCC(C)(C)C)[C@@H]1c1ccc(OC)cc1OC. The van der Waals surface area contributed by atoms with Crippen molar-refractivity contribution in [3.8, 4) is 11.5 Å². The summed E-state index contributed by atoms with van der Waals surface area (Å²) in [5.41, 5.74) is 0.835. The highest BCUT2D eigenvalue weighted by Crippen LogP contribution is 2.41. The van der Waals surface area contributed by atoms with Crippen molar-refractivity contribution in [2.45, 2.75) is 46.6 Å². The van der Waals surface area contributed by atoms with E-state index < -0.39 is 0 Å². The number of nitrogens with one attached hydrogen (secondary N) is 1. The number of hydrogen-bond acceptors (Lipinski definition) is 4. The molecule has 0 spiro atoms. The van der Waals surface area contributed by atoms with E-state index in [4.69, 9.17) is 9.47 Å². The summed E-state index contributed by atoms with van der Waals surface area (Å²) in [6.45, 7) is 9.33. The van der Waals surface area contributed by atoms with E-state index in [9.17, 15) is 9.59 Å². The first-order valence-corrected chi connectivity index (χ1v) is 9.51. The average Bonchev–Trinajstić information content (AvgIpc) is 2.64. The average molecular weight is 376 g/mol. The molecule has 6 nitrogen and oxygen atoms in total. The van der Waals surface area contributed by atoms with Gasteiger partial charge < -0.3 is 19.7 Å². The molecule has 0 radical (unpaired) electrons. The maximum absolute atomic E-state index is 13.0. The number of amides is 2. The Kier molecular flexibility index (Phi) is 6.73. The van der Waals surface area contributed by atoms with Crippen LogP contribution in [-0.4, -0.2) is 44.0 Å². The predicted octanol–water partition coefficient (Wildman–Crippen LogP) is 3.17. The lowest BCUT2D eigenvalue weighted by molar-refractivity contribution is -0.143. The largest absolute Gasteiger partial charge is 0.497 e. The van der Waals surface area contributed by atoms with Gasteiger partial charge in [0, 0.05) is 31.1 Å². The Labute approximate surface area is 162 Å². The van der Waals surface area contributed by atoms with Gasteiger partial charge in [0.1, 0.15) is 11.5 Å². The fourth-order valence-corrected chi connectivity index (χ4v) is 3.53. The number of hydrogen-bond donors (Lipinski definition) is 1. The van der Waals surface area contributed by atoms with Gasteiger partial charge in [0.25, 0.3) is 0 Å². The van der Waals surface area contributed by atoms with E-state index in [1.54, 1.807) is 25.2 Å². The summed E-state index contributed by atoms with van der Waals surface area (Å²) in [6.07, 6.45) is 0.918.